The predicted octanol–water partition coefficient (Wildman–Crippen LogP) is -1.07. The van der Waals surface area contributed by atoms with E-state index in [1.807, 2.05) is 6.92 Å². The number of likely N-dealkylation sites (tertiary alicyclic amines) is 1. The molecule has 5 heteroatoms. The molecule has 1 aliphatic heterocycles. The van der Waals surface area contributed by atoms with Crippen molar-refractivity contribution in [2.75, 3.05) is 20.1 Å². The van der Waals surface area contributed by atoms with Gasteiger partial charge in [0.1, 0.15) is 0 Å². The first-order valence-electron chi connectivity index (χ1n) is 4.78. The van der Waals surface area contributed by atoms with E-state index in [-0.39, 0.29) is 23.8 Å². The normalized spacial score (nSPS) is 23.8. The second kappa shape index (κ2) is 4.41. The van der Waals surface area contributed by atoms with Crippen LogP contribution in [-0.4, -0.2) is 42.9 Å². The summed E-state index contributed by atoms with van der Waals surface area (Å²) in [5, 5.41) is 2.72. The molecule has 0 bridgehead atoms. The molecule has 0 aromatic carbocycles. The number of nitrogens with zero attached hydrogens (tertiary/aromatic N) is 1. The Labute approximate surface area is 83.6 Å². The van der Waals surface area contributed by atoms with Gasteiger partial charge in [-0.25, -0.2) is 0 Å². The summed E-state index contributed by atoms with van der Waals surface area (Å²) in [7, 11) is 1.71. The van der Waals surface area contributed by atoms with Crippen LogP contribution in [0.25, 0.3) is 0 Å². The maximum atomic E-state index is 11.5. The molecule has 80 valence electrons. The van der Waals surface area contributed by atoms with Gasteiger partial charge >= 0.3 is 0 Å². The highest BCUT2D eigenvalue weighted by atomic mass is 16.2. The van der Waals surface area contributed by atoms with Gasteiger partial charge in [-0.3, -0.25) is 9.59 Å². The van der Waals surface area contributed by atoms with Crippen LogP contribution < -0.4 is 11.1 Å². The van der Waals surface area contributed by atoms with E-state index < -0.39 is 0 Å². The number of hydrogen-bond acceptors (Lipinski definition) is 3. The molecule has 0 aliphatic carbocycles. The Morgan fingerprint density at radius 1 is 1.79 bits per heavy atom. The molecule has 0 spiro atoms. The average Bonchev–Trinajstić information content (AvgIpc) is 2.43. The molecule has 2 atom stereocenters. The predicted molar refractivity (Wildman–Crippen MR) is 52.4 cm³/mol. The van der Waals surface area contributed by atoms with E-state index in [4.69, 9.17) is 5.73 Å². The Morgan fingerprint density at radius 3 is 2.86 bits per heavy atom. The summed E-state index contributed by atoms with van der Waals surface area (Å²) < 4.78 is 0. The fourth-order valence-corrected chi connectivity index (χ4v) is 1.45. The van der Waals surface area contributed by atoms with Crippen LogP contribution in [-0.2, 0) is 9.59 Å². The molecule has 1 rings (SSSR count). The Morgan fingerprint density at radius 2 is 2.43 bits per heavy atom. The zero-order valence-electron chi connectivity index (χ0n) is 8.62. The van der Waals surface area contributed by atoms with Gasteiger partial charge in [0, 0.05) is 32.6 Å². The van der Waals surface area contributed by atoms with Crippen molar-refractivity contribution in [3.8, 4) is 0 Å². The van der Waals surface area contributed by atoms with E-state index in [1.165, 1.54) is 0 Å². The maximum Gasteiger partial charge on any atom is 0.225 e. The highest BCUT2D eigenvalue weighted by Gasteiger charge is 2.31. The number of rotatable bonds is 3. The second-order valence-corrected chi connectivity index (χ2v) is 3.90. The van der Waals surface area contributed by atoms with E-state index in [9.17, 15) is 9.59 Å². The van der Waals surface area contributed by atoms with Crippen LogP contribution in [0.5, 0.6) is 0 Å². The standard InChI is InChI=1S/C9H17N3O2/c1-6(10)4-11-9(14)7-3-8(13)12(2)5-7/h6-7H,3-5,10H2,1-2H3,(H,11,14). The van der Waals surface area contributed by atoms with Crippen LogP contribution in [0.3, 0.4) is 0 Å². The Kier molecular flexibility index (Phi) is 3.46. The van der Waals surface area contributed by atoms with Crippen LogP contribution in [0.2, 0.25) is 0 Å². The maximum absolute atomic E-state index is 11.5. The Hall–Kier alpha value is -1.10. The van der Waals surface area contributed by atoms with Crippen molar-refractivity contribution >= 4 is 11.8 Å². The van der Waals surface area contributed by atoms with Crippen LogP contribution in [0, 0.1) is 5.92 Å². The number of nitrogens with two attached hydrogens (primary N) is 1. The minimum absolute atomic E-state index is 0.0333. The first-order valence-corrected chi connectivity index (χ1v) is 4.78. The van der Waals surface area contributed by atoms with E-state index in [0.29, 0.717) is 19.5 Å². The number of carbonyl (C=O) groups excluding carboxylic acids is 2. The van der Waals surface area contributed by atoms with Gasteiger partial charge in [0.2, 0.25) is 11.8 Å². The van der Waals surface area contributed by atoms with Crippen molar-refractivity contribution < 1.29 is 9.59 Å². The lowest BCUT2D eigenvalue weighted by Gasteiger charge is -2.12. The highest BCUT2D eigenvalue weighted by Crippen LogP contribution is 2.15. The second-order valence-electron chi connectivity index (χ2n) is 3.90. The molecular formula is C9H17N3O2. The van der Waals surface area contributed by atoms with Crippen LogP contribution >= 0.6 is 0 Å². The lowest BCUT2D eigenvalue weighted by Crippen LogP contribution is -2.39. The zero-order chi connectivity index (χ0) is 10.7. The summed E-state index contributed by atoms with van der Waals surface area (Å²) in [6, 6.07) is -0.0474. The lowest BCUT2D eigenvalue weighted by molar-refractivity contribution is -0.128. The molecule has 1 saturated heterocycles. The zero-order valence-corrected chi connectivity index (χ0v) is 8.62. The summed E-state index contributed by atoms with van der Waals surface area (Å²) in [5.41, 5.74) is 5.50. The SMILES string of the molecule is CC(N)CNC(=O)C1CC(=O)N(C)C1. The van der Waals surface area contributed by atoms with Crippen LogP contribution in [0.1, 0.15) is 13.3 Å². The molecule has 14 heavy (non-hydrogen) atoms. The molecular weight excluding hydrogens is 182 g/mol. The molecule has 3 N–H and O–H groups in total. The van der Waals surface area contributed by atoms with Crippen molar-refractivity contribution in [2.45, 2.75) is 19.4 Å². The van der Waals surface area contributed by atoms with Crippen LogP contribution in [0.4, 0.5) is 0 Å². The third kappa shape index (κ3) is 2.70. The van der Waals surface area contributed by atoms with Gasteiger partial charge in [-0.05, 0) is 6.92 Å². The van der Waals surface area contributed by atoms with E-state index in [0.717, 1.165) is 0 Å². The van der Waals surface area contributed by atoms with Crippen LogP contribution in [0.15, 0.2) is 0 Å². The number of amides is 2. The molecule has 5 nitrogen and oxygen atoms in total. The quantitative estimate of drug-likeness (QED) is 0.607. The summed E-state index contributed by atoms with van der Waals surface area (Å²) in [5.74, 6) is -0.239. The minimum Gasteiger partial charge on any atom is -0.354 e. The van der Waals surface area contributed by atoms with Gasteiger partial charge in [-0.1, -0.05) is 0 Å². The van der Waals surface area contributed by atoms with Crippen molar-refractivity contribution in [1.29, 1.82) is 0 Å². The molecule has 2 amide bonds. The topological polar surface area (TPSA) is 75.4 Å². The lowest BCUT2D eigenvalue weighted by atomic mass is 10.1. The third-order valence-electron chi connectivity index (χ3n) is 2.31. The summed E-state index contributed by atoms with van der Waals surface area (Å²) in [6.45, 7) is 2.81. The molecule has 0 radical (unpaired) electrons. The average molecular weight is 199 g/mol. The van der Waals surface area contributed by atoms with Crippen molar-refractivity contribution in [2.24, 2.45) is 11.7 Å². The van der Waals surface area contributed by atoms with E-state index >= 15 is 0 Å². The first-order chi connectivity index (χ1) is 6.50. The van der Waals surface area contributed by atoms with Crippen molar-refractivity contribution in [1.82, 2.24) is 10.2 Å². The van der Waals surface area contributed by atoms with Crippen molar-refractivity contribution in [3.63, 3.8) is 0 Å². The van der Waals surface area contributed by atoms with Gasteiger partial charge in [-0.2, -0.15) is 0 Å². The van der Waals surface area contributed by atoms with E-state index in [1.54, 1.807) is 11.9 Å². The van der Waals surface area contributed by atoms with Gasteiger partial charge in [0.25, 0.3) is 0 Å². The van der Waals surface area contributed by atoms with Crippen molar-refractivity contribution in [3.05, 3.63) is 0 Å². The Bertz CT molecular complexity index is 240. The van der Waals surface area contributed by atoms with E-state index in [2.05, 4.69) is 5.32 Å². The number of carbonyl (C=O) groups is 2. The van der Waals surface area contributed by atoms with Gasteiger partial charge in [0.15, 0.2) is 0 Å². The van der Waals surface area contributed by atoms with Gasteiger partial charge in [0.05, 0.1) is 5.92 Å². The third-order valence-corrected chi connectivity index (χ3v) is 2.31. The highest BCUT2D eigenvalue weighted by molar-refractivity contribution is 5.89. The molecule has 1 aliphatic rings. The monoisotopic (exact) mass is 199 g/mol. The Balaban J connectivity index is 2.36. The smallest absolute Gasteiger partial charge is 0.225 e. The molecule has 1 fully saturated rings. The fraction of sp³-hybridized carbons (Fsp3) is 0.778. The summed E-state index contributed by atoms with van der Waals surface area (Å²) in [4.78, 5) is 24.2. The number of hydrogen-bond donors (Lipinski definition) is 2. The summed E-state index contributed by atoms with van der Waals surface area (Å²) >= 11 is 0. The minimum atomic E-state index is -0.203. The first kappa shape index (κ1) is 11.0. The summed E-state index contributed by atoms with van der Waals surface area (Å²) in [6.07, 6.45) is 0.321. The molecule has 1 heterocycles. The molecule has 0 aromatic rings. The molecule has 0 aromatic heterocycles. The molecule has 2 unspecified atom stereocenters. The fourth-order valence-electron chi connectivity index (χ4n) is 1.45. The number of nitrogens with one attached hydrogen (secondary N) is 1. The van der Waals surface area contributed by atoms with Gasteiger partial charge < -0.3 is 16.0 Å². The largest absolute Gasteiger partial charge is 0.354 e. The van der Waals surface area contributed by atoms with Gasteiger partial charge in [-0.15, -0.1) is 0 Å². The molecule has 0 saturated carbocycles.